The van der Waals surface area contributed by atoms with Gasteiger partial charge >= 0.3 is 5.97 Å². The van der Waals surface area contributed by atoms with E-state index in [1.54, 1.807) is 6.07 Å². The maximum absolute atomic E-state index is 14.7. The molecule has 0 saturated heterocycles. The monoisotopic (exact) mass is 470 g/mol. The smallest absolute Gasteiger partial charge is 0.346 e. The highest BCUT2D eigenvalue weighted by Crippen LogP contribution is 2.40. The lowest BCUT2D eigenvalue weighted by Crippen LogP contribution is -2.16. The highest BCUT2D eigenvalue weighted by Gasteiger charge is 2.25. The van der Waals surface area contributed by atoms with Crippen molar-refractivity contribution in [3.05, 3.63) is 101 Å². The average Bonchev–Trinajstić information content (AvgIpc) is 2.83. The Morgan fingerprint density at radius 3 is 2.15 bits per heavy atom. The van der Waals surface area contributed by atoms with E-state index in [0.29, 0.717) is 24.0 Å². The third-order valence-corrected chi connectivity index (χ3v) is 6.75. The van der Waals surface area contributed by atoms with E-state index in [-0.39, 0.29) is 11.5 Å². The lowest BCUT2D eigenvalue weighted by Gasteiger charge is -2.30. The Balaban J connectivity index is 1.35. The predicted molar refractivity (Wildman–Crippen MR) is 122 cm³/mol. The van der Waals surface area contributed by atoms with Crippen LogP contribution in [0.5, 0.6) is 5.75 Å². The molecule has 0 bridgehead atoms. The summed E-state index contributed by atoms with van der Waals surface area (Å²) in [6.45, 7) is 2.25. The van der Waals surface area contributed by atoms with Gasteiger partial charge in [0.25, 0.3) is 0 Å². The second-order valence-electron chi connectivity index (χ2n) is 9.09. The zero-order chi connectivity index (χ0) is 24.2. The largest absolute Gasteiger partial charge is 0.423 e. The molecule has 0 aromatic heterocycles. The number of esters is 1. The van der Waals surface area contributed by atoms with Gasteiger partial charge in [-0.1, -0.05) is 43.3 Å². The minimum Gasteiger partial charge on any atom is -0.423 e. The molecule has 0 spiro atoms. The SMILES string of the molecule is C[C@@H](CC1CCC(c2ccc(C(=O)Oc3cc(F)c(F)c(F)c3)c(F)c2)CC1)c1ccccc1. The van der Waals surface area contributed by atoms with E-state index in [9.17, 15) is 22.4 Å². The fourth-order valence-corrected chi connectivity index (χ4v) is 4.85. The van der Waals surface area contributed by atoms with Crippen LogP contribution in [-0.2, 0) is 0 Å². The molecule has 3 aromatic rings. The second kappa shape index (κ2) is 10.4. The lowest BCUT2D eigenvalue weighted by atomic mass is 9.75. The van der Waals surface area contributed by atoms with E-state index < -0.39 is 35.0 Å². The Bertz CT molecular complexity index is 1130. The van der Waals surface area contributed by atoms with Crippen LogP contribution in [0.25, 0.3) is 0 Å². The number of hydrogen-bond donors (Lipinski definition) is 0. The molecular weight excluding hydrogens is 444 g/mol. The van der Waals surface area contributed by atoms with Gasteiger partial charge < -0.3 is 4.74 Å². The normalized spacial score (nSPS) is 19.0. The Morgan fingerprint density at radius 2 is 1.53 bits per heavy atom. The summed E-state index contributed by atoms with van der Waals surface area (Å²) < 4.78 is 59.3. The molecular formula is C28H26F4O2. The summed E-state index contributed by atoms with van der Waals surface area (Å²) in [5.74, 6) is -5.72. The lowest BCUT2D eigenvalue weighted by molar-refractivity contribution is 0.0728. The predicted octanol–water partition coefficient (Wildman–Crippen LogP) is 7.93. The molecule has 1 aliphatic carbocycles. The average molecular weight is 471 g/mol. The van der Waals surface area contributed by atoms with Gasteiger partial charge in [-0.25, -0.2) is 22.4 Å². The molecule has 1 atom stereocenters. The molecule has 34 heavy (non-hydrogen) atoms. The molecule has 0 radical (unpaired) electrons. The maximum atomic E-state index is 14.7. The molecule has 4 rings (SSSR count). The summed E-state index contributed by atoms with van der Waals surface area (Å²) in [5, 5.41) is 0. The third-order valence-electron chi connectivity index (χ3n) is 6.75. The fraction of sp³-hybridized carbons (Fsp3) is 0.321. The summed E-state index contributed by atoms with van der Waals surface area (Å²) in [7, 11) is 0. The van der Waals surface area contributed by atoms with Gasteiger partial charge in [-0.3, -0.25) is 0 Å². The minimum absolute atomic E-state index is 0.211. The molecule has 1 fully saturated rings. The summed E-state index contributed by atoms with van der Waals surface area (Å²) in [6.07, 6.45) is 5.15. The molecule has 0 unspecified atom stereocenters. The molecule has 0 N–H and O–H groups in total. The number of rotatable bonds is 6. The van der Waals surface area contributed by atoms with Crippen molar-refractivity contribution < 1.29 is 27.1 Å². The highest BCUT2D eigenvalue weighted by atomic mass is 19.2. The Hall–Kier alpha value is -3.15. The van der Waals surface area contributed by atoms with Crippen molar-refractivity contribution >= 4 is 5.97 Å². The van der Waals surface area contributed by atoms with Crippen molar-refractivity contribution in [2.75, 3.05) is 0 Å². The van der Waals surface area contributed by atoms with Gasteiger partial charge in [0.05, 0.1) is 5.56 Å². The Labute approximate surface area is 196 Å². The third kappa shape index (κ3) is 5.49. The molecule has 6 heteroatoms. The van der Waals surface area contributed by atoms with Crippen LogP contribution >= 0.6 is 0 Å². The van der Waals surface area contributed by atoms with E-state index in [1.165, 1.54) is 17.7 Å². The van der Waals surface area contributed by atoms with Crippen LogP contribution < -0.4 is 4.74 Å². The number of benzene rings is 3. The van der Waals surface area contributed by atoms with Crippen LogP contribution in [0.1, 0.15) is 72.3 Å². The minimum atomic E-state index is -1.67. The van der Waals surface area contributed by atoms with Crippen LogP contribution in [0, 0.1) is 29.2 Å². The van der Waals surface area contributed by atoms with E-state index in [4.69, 9.17) is 4.74 Å². The van der Waals surface area contributed by atoms with Gasteiger partial charge in [-0.2, -0.15) is 0 Å². The van der Waals surface area contributed by atoms with E-state index >= 15 is 0 Å². The Morgan fingerprint density at radius 1 is 0.882 bits per heavy atom. The Kier molecular flexibility index (Phi) is 7.35. The van der Waals surface area contributed by atoms with Gasteiger partial charge in [0.15, 0.2) is 17.5 Å². The van der Waals surface area contributed by atoms with Crippen molar-refractivity contribution in [3.8, 4) is 5.75 Å². The molecule has 0 aliphatic heterocycles. The van der Waals surface area contributed by atoms with Crippen molar-refractivity contribution in [1.82, 2.24) is 0 Å². The molecule has 2 nitrogen and oxygen atoms in total. The number of ether oxygens (including phenoxy) is 1. The van der Waals surface area contributed by atoms with Crippen LogP contribution in [0.15, 0.2) is 60.7 Å². The van der Waals surface area contributed by atoms with E-state index in [0.717, 1.165) is 37.7 Å². The van der Waals surface area contributed by atoms with Crippen molar-refractivity contribution in [2.45, 2.75) is 50.9 Å². The summed E-state index contributed by atoms with van der Waals surface area (Å²) in [5.41, 5.74) is 1.82. The first-order valence-corrected chi connectivity index (χ1v) is 11.5. The molecule has 3 aromatic carbocycles. The quantitative estimate of drug-likeness (QED) is 0.158. The van der Waals surface area contributed by atoms with Crippen LogP contribution in [0.4, 0.5) is 17.6 Å². The number of halogens is 4. The topological polar surface area (TPSA) is 26.3 Å². The number of carbonyl (C=O) groups is 1. The van der Waals surface area contributed by atoms with Gasteiger partial charge in [-0.15, -0.1) is 0 Å². The van der Waals surface area contributed by atoms with Crippen molar-refractivity contribution in [2.24, 2.45) is 5.92 Å². The number of carbonyl (C=O) groups excluding carboxylic acids is 1. The highest BCUT2D eigenvalue weighted by molar-refractivity contribution is 5.91. The zero-order valence-corrected chi connectivity index (χ0v) is 18.9. The zero-order valence-electron chi connectivity index (χ0n) is 18.9. The fourth-order valence-electron chi connectivity index (χ4n) is 4.85. The van der Waals surface area contributed by atoms with Crippen LogP contribution in [0.3, 0.4) is 0 Å². The standard InChI is InChI=1S/C28H26F4O2/c1-17(19-5-3-2-4-6-19)13-18-7-9-20(10-8-18)21-11-12-23(24(29)14-21)28(33)34-22-15-25(30)27(32)26(31)16-22/h2-6,11-12,14-18,20H,7-10,13H2,1H3/t17-,18?,20?/m0/s1. The van der Waals surface area contributed by atoms with Gasteiger partial charge in [0.1, 0.15) is 11.6 Å². The summed E-state index contributed by atoms with van der Waals surface area (Å²) in [4.78, 5) is 12.3. The first-order valence-electron chi connectivity index (χ1n) is 11.5. The van der Waals surface area contributed by atoms with Gasteiger partial charge in [-0.05, 0) is 73.1 Å². The molecule has 0 amide bonds. The van der Waals surface area contributed by atoms with Crippen molar-refractivity contribution in [3.63, 3.8) is 0 Å². The van der Waals surface area contributed by atoms with Gasteiger partial charge in [0.2, 0.25) is 0 Å². The van der Waals surface area contributed by atoms with Gasteiger partial charge in [0, 0.05) is 12.1 Å². The maximum Gasteiger partial charge on any atom is 0.346 e. The summed E-state index contributed by atoms with van der Waals surface area (Å²) >= 11 is 0. The molecule has 1 saturated carbocycles. The van der Waals surface area contributed by atoms with Crippen LogP contribution in [0.2, 0.25) is 0 Å². The number of hydrogen-bond acceptors (Lipinski definition) is 2. The van der Waals surface area contributed by atoms with Crippen molar-refractivity contribution in [1.29, 1.82) is 0 Å². The van der Waals surface area contributed by atoms with Crippen LogP contribution in [-0.4, -0.2) is 5.97 Å². The second-order valence-corrected chi connectivity index (χ2v) is 9.09. The first-order chi connectivity index (χ1) is 16.3. The van der Waals surface area contributed by atoms with E-state index in [1.807, 2.05) is 6.07 Å². The molecule has 0 heterocycles. The first kappa shape index (κ1) is 24.0. The molecule has 1 aliphatic rings. The van der Waals surface area contributed by atoms with E-state index in [2.05, 4.69) is 31.2 Å². The molecule has 178 valence electrons. The summed E-state index contributed by atoms with van der Waals surface area (Å²) in [6, 6.07) is 15.9.